The summed E-state index contributed by atoms with van der Waals surface area (Å²) in [5, 5.41) is 17.2. The number of carbonyl (C=O) groups is 2. The number of fused-ring (bicyclic) bond motifs is 1. The van der Waals surface area contributed by atoms with Crippen molar-refractivity contribution in [2.24, 2.45) is 10.9 Å². The number of carbonyl (C=O) groups excluding carboxylic acids is 2. The lowest BCUT2D eigenvalue weighted by atomic mass is 9.95. The van der Waals surface area contributed by atoms with E-state index in [0.29, 0.717) is 21.8 Å². The SMILES string of the molecule is NC(=O)c1c(NC(=O)[C@@H]2CC(c3ccccc3O)=NO2)sc2c1CCCC2. The van der Waals surface area contributed by atoms with E-state index in [1.165, 1.54) is 11.3 Å². The molecule has 2 amide bonds. The number of thiophene rings is 1. The van der Waals surface area contributed by atoms with Gasteiger partial charge in [0.15, 0.2) is 0 Å². The van der Waals surface area contributed by atoms with Crippen molar-refractivity contribution in [1.29, 1.82) is 0 Å². The Morgan fingerprint density at radius 2 is 2.04 bits per heavy atom. The van der Waals surface area contributed by atoms with Crippen LogP contribution in [0.3, 0.4) is 0 Å². The summed E-state index contributed by atoms with van der Waals surface area (Å²) in [6.07, 6.45) is 3.21. The van der Waals surface area contributed by atoms with Crippen LogP contribution in [-0.4, -0.2) is 28.7 Å². The highest BCUT2D eigenvalue weighted by atomic mass is 32.1. The summed E-state index contributed by atoms with van der Waals surface area (Å²) >= 11 is 1.41. The summed E-state index contributed by atoms with van der Waals surface area (Å²) in [5.41, 5.74) is 7.99. The zero-order valence-corrected chi connectivity index (χ0v) is 15.3. The van der Waals surface area contributed by atoms with Gasteiger partial charge in [-0.25, -0.2) is 0 Å². The number of aromatic hydroxyl groups is 1. The quantitative estimate of drug-likeness (QED) is 0.750. The second kappa shape index (κ2) is 7.03. The number of nitrogens with one attached hydrogen (secondary N) is 1. The second-order valence-electron chi connectivity index (χ2n) is 6.62. The zero-order valence-electron chi connectivity index (χ0n) is 14.5. The summed E-state index contributed by atoms with van der Waals surface area (Å²) in [4.78, 5) is 31.0. The highest BCUT2D eigenvalue weighted by Crippen LogP contribution is 2.38. The molecular weight excluding hydrogens is 366 g/mol. The molecular formula is C19H19N3O4S. The van der Waals surface area contributed by atoms with Gasteiger partial charge in [0, 0.05) is 16.9 Å². The van der Waals surface area contributed by atoms with Crippen LogP contribution < -0.4 is 11.1 Å². The predicted molar refractivity (Wildman–Crippen MR) is 102 cm³/mol. The molecule has 27 heavy (non-hydrogen) atoms. The molecule has 4 rings (SSSR count). The molecule has 140 valence electrons. The first kappa shape index (κ1) is 17.5. The zero-order chi connectivity index (χ0) is 19.0. The third-order valence-corrected chi connectivity index (χ3v) is 6.04. The first-order valence-corrected chi connectivity index (χ1v) is 9.62. The van der Waals surface area contributed by atoms with Gasteiger partial charge in [0.1, 0.15) is 10.8 Å². The van der Waals surface area contributed by atoms with Gasteiger partial charge in [0.2, 0.25) is 6.10 Å². The van der Waals surface area contributed by atoms with Gasteiger partial charge in [0.25, 0.3) is 11.8 Å². The number of hydrogen-bond acceptors (Lipinski definition) is 6. The summed E-state index contributed by atoms with van der Waals surface area (Å²) in [6.45, 7) is 0. The highest BCUT2D eigenvalue weighted by Gasteiger charge is 2.32. The number of phenolic OH excluding ortho intramolecular Hbond substituents is 1. The van der Waals surface area contributed by atoms with Gasteiger partial charge in [0.05, 0.1) is 11.3 Å². The molecule has 2 aromatic rings. The highest BCUT2D eigenvalue weighted by molar-refractivity contribution is 7.17. The normalized spacial score (nSPS) is 18.4. The Morgan fingerprint density at radius 3 is 2.81 bits per heavy atom. The smallest absolute Gasteiger partial charge is 0.269 e. The number of benzene rings is 1. The average molecular weight is 385 g/mol. The van der Waals surface area contributed by atoms with Crippen molar-refractivity contribution in [3.05, 3.63) is 45.8 Å². The van der Waals surface area contributed by atoms with Crippen LogP contribution in [0.4, 0.5) is 5.00 Å². The Bertz CT molecular complexity index is 950. The van der Waals surface area contributed by atoms with E-state index in [2.05, 4.69) is 10.5 Å². The maximum atomic E-state index is 12.6. The van der Waals surface area contributed by atoms with Crippen LogP contribution in [0.1, 0.15) is 45.6 Å². The fourth-order valence-electron chi connectivity index (χ4n) is 3.50. The molecule has 2 heterocycles. The molecule has 7 nitrogen and oxygen atoms in total. The van der Waals surface area contributed by atoms with Gasteiger partial charge in [-0.2, -0.15) is 0 Å². The van der Waals surface area contributed by atoms with E-state index in [-0.39, 0.29) is 18.1 Å². The minimum Gasteiger partial charge on any atom is -0.507 e. The Hall–Kier alpha value is -2.87. The first-order valence-electron chi connectivity index (χ1n) is 8.81. The third-order valence-electron chi connectivity index (χ3n) is 4.83. The number of para-hydroxylation sites is 1. The van der Waals surface area contributed by atoms with Crippen molar-refractivity contribution in [3.8, 4) is 5.75 Å². The Kier molecular flexibility index (Phi) is 4.57. The molecule has 1 aliphatic heterocycles. The van der Waals surface area contributed by atoms with Crippen molar-refractivity contribution >= 4 is 33.9 Å². The number of amides is 2. The topological polar surface area (TPSA) is 114 Å². The molecule has 2 aliphatic rings. The van der Waals surface area contributed by atoms with Crippen LogP contribution in [0.2, 0.25) is 0 Å². The number of phenols is 1. The number of primary amides is 1. The number of nitrogens with two attached hydrogens (primary N) is 1. The third kappa shape index (κ3) is 3.28. The van der Waals surface area contributed by atoms with Gasteiger partial charge in [-0.05, 0) is 43.4 Å². The number of rotatable bonds is 4. The molecule has 0 radical (unpaired) electrons. The van der Waals surface area contributed by atoms with E-state index in [9.17, 15) is 14.7 Å². The summed E-state index contributed by atoms with van der Waals surface area (Å²) in [5.74, 6) is -0.823. The Morgan fingerprint density at radius 1 is 1.26 bits per heavy atom. The molecule has 0 saturated carbocycles. The van der Waals surface area contributed by atoms with Crippen molar-refractivity contribution in [3.63, 3.8) is 0 Å². The van der Waals surface area contributed by atoms with Gasteiger partial charge in [-0.1, -0.05) is 17.3 Å². The van der Waals surface area contributed by atoms with Crippen molar-refractivity contribution in [1.82, 2.24) is 0 Å². The van der Waals surface area contributed by atoms with Crippen molar-refractivity contribution in [2.45, 2.75) is 38.2 Å². The fraction of sp³-hybridized carbons (Fsp3) is 0.316. The molecule has 1 aromatic carbocycles. The van der Waals surface area contributed by atoms with Crippen molar-refractivity contribution < 1.29 is 19.5 Å². The first-order chi connectivity index (χ1) is 13.0. The van der Waals surface area contributed by atoms with E-state index >= 15 is 0 Å². The molecule has 0 unspecified atom stereocenters. The number of oxime groups is 1. The molecule has 1 aromatic heterocycles. The molecule has 1 aliphatic carbocycles. The molecule has 8 heteroatoms. The monoisotopic (exact) mass is 385 g/mol. The fourth-order valence-corrected chi connectivity index (χ4v) is 4.80. The molecule has 4 N–H and O–H groups in total. The number of hydrogen-bond donors (Lipinski definition) is 3. The number of nitrogens with zero attached hydrogens (tertiary/aromatic N) is 1. The van der Waals surface area contributed by atoms with E-state index in [1.807, 2.05) is 0 Å². The minimum atomic E-state index is -0.820. The van der Waals surface area contributed by atoms with Gasteiger partial charge in [-0.3, -0.25) is 9.59 Å². The van der Waals surface area contributed by atoms with Crippen LogP contribution in [0.5, 0.6) is 5.75 Å². The Balaban J connectivity index is 1.50. The summed E-state index contributed by atoms with van der Waals surface area (Å²) in [7, 11) is 0. The van der Waals surface area contributed by atoms with E-state index in [1.54, 1.807) is 24.3 Å². The average Bonchev–Trinajstić information content (AvgIpc) is 3.26. The second-order valence-corrected chi connectivity index (χ2v) is 7.73. The molecule has 0 spiro atoms. The molecule has 0 bridgehead atoms. The van der Waals surface area contributed by atoms with Gasteiger partial charge >= 0.3 is 0 Å². The van der Waals surface area contributed by atoms with Crippen LogP contribution in [0.25, 0.3) is 0 Å². The van der Waals surface area contributed by atoms with Gasteiger partial charge in [-0.15, -0.1) is 11.3 Å². The lowest BCUT2D eigenvalue weighted by Crippen LogP contribution is -2.28. The van der Waals surface area contributed by atoms with Gasteiger partial charge < -0.3 is 21.0 Å². The minimum absolute atomic E-state index is 0.0860. The van der Waals surface area contributed by atoms with E-state index in [0.717, 1.165) is 36.1 Å². The Labute approximate surface area is 159 Å². The number of aryl methyl sites for hydroxylation is 1. The standard InChI is InChI=1S/C19H19N3O4S/c20-17(24)16-11-6-2-4-8-15(11)27-19(16)21-18(25)14-9-12(22-26-14)10-5-1-3-7-13(10)23/h1,3,5,7,14,23H,2,4,6,8-9H2,(H2,20,24)(H,21,25)/t14-/m0/s1. The van der Waals surface area contributed by atoms with E-state index < -0.39 is 12.0 Å². The summed E-state index contributed by atoms with van der Waals surface area (Å²) in [6, 6.07) is 6.76. The van der Waals surface area contributed by atoms with Crippen LogP contribution in [-0.2, 0) is 22.5 Å². The van der Waals surface area contributed by atoms with Crippen LogP contribution in [0.15, 0.2) is 29.4 Å². The maximum absolute atomic E-state index is 12.6. The molecule has 1 atom stereocenters. The summed E-state index contributed by atoms with van der Waals surface area (Å²) < 4.78 is 0. The molecule has 0 saturated heterocycles. The largest absolute Gasteiger partial charge is 0.507 e. The molecule has 0 fully saturated rings. The van der Waals surface area contributed by atoms with Crippen molar-refractivity contribution in [2.75, 3.05) is 5.32 Å². The number of anilines is 1. The van der Waals surface area contributed by atoms with Crippen LogP contribution >= 0.6 is 11.3 Å². The predicted octanol–water partition coefficient (Wildman–Crippen LogP) is 2.56. The van der Waals surface area contributed by atoms with Crippen LogP contribution in [0, 0.1) is 0 Å². The lowest BCUT2D eigenvalue weighted by Gasteiger charge is -2.11. The lowest BCUT2D eigenvalue weighted by molar-refractivity contribution is -0.125. The maximum Gasteiger partial charge on any atom is 0.269 e. The van der Waals surface area contributed by atoms with E-state index in [4.69, 9.17) is 10.6 Å².